The van der Waals surface area contributed by atoms with Gasteiger partial charge in [0.1, 0.15) is 10.0 Å². The van der Waals surface area contributed by atoms with Gasteiger partial charge in [-0.15, -0.1) is 23.2 Å². The Labute approximate surface area is 142 Å². The van der Waals surface area contributed by atoms with Gasteiger partial charge in [-0.25, -0.2) is 0 Å². The number of hydrogen-bond acceptors (Lipinski definition) is 3. The third kappa shape index (κ3) is 2.92. The second kappa shape index (κ2) is 5.54. The van der Waals surface area contributed by atoms with Crippen molar-refractivity contribution in [3.05, 3.63) is 42.1 Å². The summed E-state index contributed by atoms with van der Waals surface area (Å²) in [5.74, 6) is -0.939. The van der Waals surface area contributed by atoms with E-state index < -0.39 is 21.6 Å². The SMILES string of the molecule is C[C@]1(C(=O)NNC(=O)c2cc(-c3ccccc3)n[nH]2)CC1(Cl)Cl. The van der Waals surface area contributed by atoms with Crippen LogP contribution in [0.1, 0.15) is 23.8 Å². The summed E-state index contributed by atoms with van der Waals surface area (Å²) in [6, 6.07) is 11.0. The molecule has 1 aliphatic carbocycles. The van der Waals surface area contributed by atoms with Crippen molar-refractivity contribution in [1.82, 2.24) is 21.0 Å². The molecule has 2 amide bonds. The van der Waals surface area contributed by atoms with Crippen LogP contribution in [-0.2, 0) is 4.79 Å². The van der Waals surface area contributed by atoms with Gasteiger partial charge in [-0.2, -0.15) is 5.10 Å². The van der Waals surface area contributed by atoms with E-state index in [1.165, 1.54) is 0 Å². The topological polar surface area (TPSA) is 86.9 Å². The average Bonchev–Trinajstić information content (AvgIpc) is 2.92. The zero-order valence-corrected chi connectivity index (χ0v) is 13.7. The number of carbonyl (C=O) groups excluding carboxylic acids is 2. The third-order valence-corrected chi connectivity index (χ3v) is 5.04. The maximum absolute atomic E-state index is 12.0. The second-order valence-corrected chi connectivity index (χ2v) is 7.14. The molecule has 2 aromatic rings. The van der Waals surface area contributed by atoms with Crippen molar-refractivity contribution in [1.29, 1.82) is 0 Å². The predicted octanol–water partition coefficient (Wildman–Crippen LogP) is 2.42. The number of hydrazine groups is 1. The van der Waals surface area contributed by atoms with Crippen LogP contribution in [0.5, 0.6) is 0 Å². The van der Waals surface area contributed by atoms with Crippen LogP contribution in [0.25, 0.3) is 11.3 Å². The first kappa shape index (κ1) is 15.8. The monoisotopic (exact) mass is 352 g/mol. The molecule has 0 radical (unpaired) electrons. The zero-order chi connectivity index (χ0) is 16.7. The highest BCUT2D eigenvalue weighted by Crippen LogP contribution is 2.63. The van der Waals surface area contributed by atoms with Crippen molar-refractivity contribution >= 4 is 35.0 Å². The zero-order valence-electron chi connectivity index (χ0n) is 12.2. The standard InChI is InChI=1S/C15H14Cl2N4O2/c1-14(8-15(14,16)17)13(23)21-20-12(22)11-7-10(18-19-11)9-5-3-2-4-6-9/h2-7H,8H2,1H3,(H,18,19)(H,20,22)(H,21,23)/t14-/m1/s1. The molecule has 23 heavy (non-hydrogen) atoms. The molecule has 1 heterocycles. The molecule has 0 bridgehead atoms. The van der Waals surface area contributed by atoms with E-state index in [-0.39, 0.29) is 5.69 Å². The van der Waals surface area contributed by atoms with Crippen molar-refractivity contribution in [2.75, 3.05) is 0 Å². The van der Waals surface area contributed by atoms with Gasteiger partial charge in [-0.05, 0) is 19.4 Å². The molecular weight excluding hydrogens is 339 g/mol. The van der Waals surface area contributed by atoms with Gasteiger partial charge < -0.3 is 0 Å². The molecule has 6 nitrogen and oxygen atoms in total. The quantitative estimate of drug-likeness (QED) is 0.585. The fourth-order valence-corrected chi connectivity index (χ4v) is 2.87. The van der Waals surface area contributed by atoms with Gasteiger partial charge in [-0.1, -0.05) is 30.3 Å². The van der Waals surface area contributed by atoms with E-state index in [1.54, 1.807) is 13.0 Å². The van der Waals surface area contributed by atoms with Gasteiger partial charge in [0.05, 0.1) is 11.1 Å². The number of hydrogen-bond donors (Lipinski definition) is 3. The van der Waals surface area contributed by atoms with E-state index in [0.29, 0.717) is 12.1 Å². The fourth-order valence-electron chi connectivity index (χ4n) is 2.16. The van der Waals surface area contributed by atoms with E-state index in [1.807, 2.05) is 30.3 Å². The first-order chi connectivity index (χ1) is 10.8. The molecule has 3 rings (SSSR count). The number of amides is 2. The molecule has 0 aliphatic heterocycles. The molecule has 1 aromatic carbocycles. The highest BCUT2D eigenvalue weighted by molar-refractivity contribution is 6.53. The van der Waals surface area contributed by atoms with Crippen LogP contribution >= 0.6 is 23.2 Å². The molecule has 1 atom stereocenters. The Morgan fingerprint density at radius 1 is 1.22 bits per heavy atom. The molecule has 1 saturated carbocycles. The van der Waals surface area contributed by atoms with Gasteiger partial charge in [0.15, 0.2) is 0 Å². The predicted molar refractivity (Wildman–Crippen MR) is 86.8 cm³/mol. The minimum atomic E-state index is -1.09. The van der Waals surface area contributed by atoms with E-state index in [0.717, 1.165) is 5.56 Å². The summed E-state index contributed by atoms with van der Waals surface area (Å²) in [6.45, 7) is 1.64. The van der Waals surface area contributed by atoms with Crippen LogP contribution in [0.3, 0.4) is 0 Å². The Balaban J connectivity index is 1.62. The van der Waals surface area contributed by atoms with Crippen LogP contribution in [0, 0.1) is 5.41 Å². The van der Waals surface area contributed by atoms with Crippen LogP contribution in [0.2, 0.25) is 0 Å². The number of halogens is 2. The number of aromatic amines is 1. The molecule has 1 aliphatic rings. The molecule has 1 aromatic heterocycles. The summed E-state index contributed by atoms with van der Waals surface area (Å²) in [7, 11) is 0. The lowest BCUT2D eigenvalue weighted by Crippen LogP contribution is -2.45. The Bertz CT molecular complexity index is 760. The molecule has 8 heteroatoms. The summed E-state index contributed by atoms with van der Waals surface area (Å²) in [5, 5.41) is 6.71. The third-order valence-electron chi connectivity index (χ3n) is 3.94. The molecule has 0 spiro atoms. The van der Waals surface area contributed by atoms with E-state index in [9.17, 15) is 9.59 Å². The van der Waals surface area contributed by atoms with E-state index >= 15 is 0 Å². The van der Waals surface area contributed by atoms with Crippen molar-refractivity contribution in [3.63, 3.8) is 0 Å². The number of carbonyl (C=O) groups is 2. The Hall–Kier alpha value is -2.05. The number of alkyl halides is 2. The number of rotatable bonds is 3. The Kier molecular flexibility index (Phi) is 3.82. The van der Waals surface area contributed by atoms with Crippen molar-refractivity contribution < 1.29 is 9.59 Å². The maximum atomic E-state index is 12.0. The van der Waals surface area contributed by atoms with Crippen molar-refractivity contribution in [2.24, 2.45) is 5.41 Å². The molecule has 0 saturated heterocycles. The first-order valence-corrected chi connectivity index (χ1v) is 7.68. The highest BCUT2D eigenvalue weighted by Gasteiger charge is 2.68. The average molecular weight is 353 g/mol. The Morgan fingerprint density at radius 3 is 2.48 bits per heavy atom. The lowest BCUT2D eigenvalue weighted by atomic mass is 10.1. The van der Waals surface area contributed by atoms with Gasteiger partial charge >= 0.3 is 0 Å². The number of aromatic nitrogens is 2. The summed E-state index contributed by atoms with van der Waals surface area (Å²) in [5.41, 5.74) is 5.50. The second-order valence-electron chi connectivity index (χ2n) is 5.65. The van der Waals surface area contributed by atoms with Crippen molar-refractivity contribution in [2.45, 2.75) is 17.7 Å². The molecule has 120 valence electrons. The number of benzene rings is 1. The maximum Gasteiger partial charge on any atom is 0.287 e. The normalized spacial score (nSPS) is 21.5. The first-order valence-electron chi connectivity index (χ1n) is 6.93. The van der Waals surface area contributed by atoms with Crippen LogP contribution in [0.15, 0.2) is 36.4 Å². The minimum Gasteiger partial charge on any atom is -0.273 e. The van der Waals surface area contributed by atoms with Crippen LogP contribution < -0.4 is 10.9 Å². The number of nitrogens with zero attached hydrogens (tertiary/aromatic N) is 1. The van der Waals surface area contributed by atoms with Gasteiger partial charge in [-0.3, -0.25) is 25.5 Å². The lowest BCUT2D eigenvalue weighted by molar-refractivity contribution is -0.126. The van der Waals surface area contributed by atoms with Gasteiger partial charge in [0.2, 0.25) is 5.91 Å². The summed E-state index contributed by atoms with van der Waals surface area (Å²) in [4.78, 5) is 24.0. The smallest absolute Gasteiger partial charge is 0.273 e. The van der Waals surface area contributed by atoms with Crippen molar-refractivity contribution in [3.8, 4) is 11.3 Å². The van der Waals surface area contributed by atoms with Gasteiger partial charge in [0.25, 0.3) is 5.91 Å². The summed E-state index contributed by atoms with van der Waals surface area (Å²) in [6.07, 6.45) is 0.340. The van der Waals surface area contributed by atoms with Crippen LogP contribution in [0.4, 0.5) is 0 Å². The van der Waals surface area contributed by atoms with Gasteiger partial charge in [0, 0.05) is 5.56 Å². The summed E-state index contributed by atoms with van der Waals surface area (Å²) < 4.78 is -1.09. The minimum absolute atomic E-state index is 0.230. The number of nitrogens with one attached hydrogen (secondary N) is 3. The molecule has 1 fully saturated rings. The largest absolute Gasteiger partial charge is 0.287 e. The van der Waals surface area contributed by atoms with Crippen LogP contribution in [-0.4, -0.2) is 26.3 Å². The molecular formula is C15H14Cl2N4O2. The van der Waals surface area contributed by atoms with E-state index in [2.05, 4.69) is 21.0 Å². The highest BCUT2D eigenvalue weighted by atomic mass is 35.5. The molecule has 0 unspecified atom stereocenters. The number of H-pyrrole nitrogens is 1. The fraction of sp³-hybridized carbons (Fsp3) is 0.267. The summed E-state index contributed by atoms with van der Waals surface area (Å²) >= 11 is 11.8. The lowest BCUT2D eigenvalue weighted by Gasteiger charge is -2.12. The molecule has 3 N–H and O–H groups in total. The Morgan fingerprint density at radius 2 is 1.87 bits per heavy atom. The van der Waals surface area contributed by atoms with E-state index in [4.69, 9.17) is 23.2 Å².